The van der Waals surface area contributed by atoms with Crippen LogP contribution in [0, 0.1) is 13.7 Å². The Bertz CT molecular complexity index is 859. The lowest BCUT2D eigenvalue weighted by Gasteiger charge is -2.07. The molecule has 0 spiro atoms. The molecule has 2 aromatic carbocycles. The van der Waals surface area contributed by atoms with Crippen molar-refractivity contribution in [1.82, 2.24) is 0 Å². The van der Waals surface area contributed by atoms with Gasteiger partial charge in [-0.05, 0) is 40.8 Å². The monoisotopic (exact) mass is 448 g/mol. The highest BCUT2D eigenvalue weighted by Gasteiger charge is 2.43. The summed E-state index contributed by atoms with van der Waals surface area (Å²) in [6.07, 6.45) is -3.74. The highest BCUT2D eigenvalue weighted by atomic mass is 127. The average molecular weight is 448 g/mol. The first-order chi connectivity index (χ1) is 11.2. The molecule has 24 heavy (non-hydrogen) atoms. The van der Waals surface area contributed by atoms with Crippen molar-refractivity contribution >= 4 is 39.9 Å². The van der Waals surface area contributed by atoms with Gasteiger partial charge in [-0.3, -0.25) is 14.9 Å². The van der Waals surface area contributed by atoms with Crippen molar-refractivity contribution < 1.29 is 28.0 Å². The molecular weight excluding hydrogens is 441 g/mol. The molecule has 0 aliphatic carbocycles. The van der Waals surface area contributed by atoms with Gasteiger partial charge >= 0.3 is 6.29 Å². The lowest BCUT2D eigenvalue weighted by Crippen LogP contribution is -2.25. The lowest BCUT2D eigenvalue weighted by molar-refractivity contribution is -0.384. The summed E-state index contributed by atoms with van der Waals surface area (Å²) in [6, 6.07) is 7.60. The zero-order chi connectivity index (χ0) is 17.5. The highest BCUT2D eigenvalue weighted by Crippen LogP contribution is 2.42. The van der Waals surface area contributed by atoms with Gasteiger partial charge in [0, 0.05) is 27.5 Å². The first-order valence-corrected chi connectivity index (χ1v) is 7.48. The number of fused-ring (bicyclic) bond motifs is 1. The third-order valence-electron chi connectivity index (χ3n) is 3.07. The molecule has 0 saturated carbocycles. The van der Waals surface area contributed by atoms with Crippen molar-refractivity contribution in [2.24, 2.45) is 0 Å². The van der Waals surface area contributed by atoms with Gasteiger partial charge in [-0.1, -0.05) is 0 Å². The molecule has 0 radical (unpaired) electrons. The predicted molar refractivity (Wildman–Crippen MR) is 86.4 cm³/mol. The van der Waals surface area contributed by atoms with E-state index in [2.05, 4.69) is 14.8 Å². The van der Waals surface area contributed by atoms with E-state index < -0.39 is 17.1 Å². The minimum atomic E-state index is -3.74. The Balaban J connectivity index is 1.80. The highest BCUT2D eigenvalue weighted by molar-refractivity contribution is 14.1. The van der Waals surface area contributed by atoms with Crippen molar-refractivity contribution in [2.45, 2.75) is 6.29 Å². The summed E-state index contributed by atoms with van der Waals surface area (Å²) in [5.74, 6) is -0.876. The summed E-state index contributed by atoms with van der Waals surface area (Å²) in [4.78, 5) is 22.4. The molecule has 10 heteroatoms. The Labute approximate surface area is 146 Å². The molecule has 0 atom stereocenters. The summed E-state index contributed by atoms with van der Waals surface area (Å²) in [6.45, 7) is 0. The summed E-state index contributed by atoms with van der Waals surface area (Å²) in [5, 5.41) is 13.2. The number of nitro groups is 1. The van der Waals surface area contributed by atoms with Crippen LogP contribution in [0.2, 0.25) is 0 Å². The van der Waals surface area contributed by atoms with E-state index in [-0.39, 0.29) is 28.4 Å². The number of hydrogen-bond acceptors (Lipinski definition) is 5. The van der Waals surface area contributed by atoms with Crippen LogP contribution in [0.4, 0.5) is 20.2 Å². The molecule has 1 amide bonds. The van der Waals surface area contributed by atoms with Gasteiger partial charge in [0.2, 0.25) is 0 Å². The van der Waals surface area contributed by atoms with Crippen LogP contribution in [0.15, 0.2) is 36.4 Å². The number of ether oxygens (including phenoxy) is 2. The number of benzene rings is 2. The molecule has 1 aliphatic heterocycles. The van der Waals surface area contributed by atoms with Crippen molar-refractivity contribution in [1.29, 1.82) is 0 Å². The molecule has 1 N–H and O–H groups in total. The van der Waals surface area contributed by atoms with E-state index in [1.807, 2.05) is 0 Å². The largest absolute Gasteiger partial charge is 0.586 e. The molecule has 7 nitrogen and oxygen atoms in total. The maximum Gasteiger partial charge on any atom is 0.586 e. The topological polar surface area (TPSA) is 90.7 Å². The number of amides is 1. The maximum atomic E-state index is 13.0. The first-order valence-electron chi connectivity index (χ1n) is 6.40. The number of anilines is 1. The van der Waals surface area contributed by atoms with Gasteiger partial charge in [0.15, 0.2) is 11.5 Å². The van der Waals surface area contributed by atoms with Gasteiger partial charge in [-0.15, -0.1) is 8.78 Å². The van der Waals surface area contributed by atoms with E-state index in [1.54, 1.807) is 22.6 Å². The van der Waals surface area contributed by atoms with Crippen LogP contribution in [0.3, 0.4) is 0 Å². The first kappa shape index (κ1) is 16.4. The van der Waals surface area contributed by atoms with E-state index >= 15 is 0 Å². The van der Waals surface area contributed by atoms with Crippen LogP contribution < -0.4 is 14.8 Å². The minimum absolute atomic E-state index is 0.136. The fraction of sp³-hybridized carbons (Fsp3) is 0.0714. The number of carbonyl (C=O) groups excluding carboxylic acids is 1. The Morgan fingerprint density at radius 1 is 1.17 bits per heavy atom. The van der Waals surface area contributed by atoms with Gasteiger partial charge in [0.1, 0.15) is 0 Å². The van der Waals surface area contributed by atoms with E-state index in [9.17, 15) is 23.7 Å². The number of rotatable bonds is 3. The van der Waals surface area contributed by atoms with Crippen LogP contribution in [0.1, 0.15) is 10.4 Å². The Morgan fingerprint density at radius 2 is 1.88 bits per heavy atom. The third kappa shape index (κ3) is 3.22. The number of hydrogen-bond donors (Lipinski definition) is 1. The van der Waals surface area contributed by atoms with Crippen molar-refractivity contribution in [3.63, 3.8) is 0 Å². The smallest absolute Gasteiger partial charge is 0.395 e. The molecule has 2 aromatic rings. The second-order valence-corrected chi connectivity index (χ2v) is 5.87. The van der Waals surface area contributed by atoms with Gasteiger partial charge in [0.25, 0.3) is 11.6 Å². The minimum Gasteiger partial charge on any atom is -0.395 e. The van der Waals surface area contributed by atoms with Crippen molar-refractivity contribution in [3.05, 3.63) is 55.6 Å². The average Bonchev–Trinajstić information content (AvgIpc) is 2.79. The second-order valence-electron chi connectivity index (χ2n) is 4.70. The number of alkyl halides is 2. The molecule has 1 heterocycles. The van der Waals surface area contributed by atoms with Gasteiger partial charge < -0.3 is 14.8 Å². The van der Waals surface area contributed by atoms with Gasteiger partial charge in [-0.25, -0.2) is 0 Å². The normalized spacial score (nSPS) is 14.3. The van der Waals surface area contributed by atoms with E-state index in [4.69, 9.17) is 0 Å². The molecule has 0 unspecified atom stereocenters. The Kier molecular flexibility index (Phi) is 3.99. The second kappa shape index (κ2) is 5.85. The van der Waals surface area contributed by atoms with Crippen molar-refractivity contribution in [2.75, 3.05) is 5.32 Å². The lowest BCUT2D eigenvalue weighted by atomic mass is 10.2. The molecule has 1 aliphatic rings. The number of nitrogens with zero attached hydrogens (tertiary/aromatic N) is 1. The molecule has 0 saturated heterocycles. The molecular formula is C14H7F2IN2O5. The standard InChI is InChI=1S/C14H7F2IN2O5/c15-14(16)23-11-4-1-7(5-12(11)24-14)18-13(20)9-3-2-8(19(21)22)6-10(9)17/h1-6H,(H,18,20). The molecule has 0 fully saturated rings. The van der Waals surface area contributed by atoms with Crippen LogP contribution in [0.25, 0.3) is 0 Å². The maximum absolute atomic E-state index is 13.0. The van der Waals surface area contributed by atoms with Crippen LogP contribution in [-0.2, 0) is 0 Å². The number of nitrogens with one attached hydrogen (secondary N) is 1. The number of non-ortho nitro benzene ring substituents is 1. The fourth-order valence-corrected chi connectivity index (χ4v) is 2.77. The quantitative estimate of drug-likeness (QED) is 0.439. The summed E-state index contributed by atoms with van der Waals surface area (Å²) >= 11 is 1.80. The fourth-order valence-electron chi connectivity index (χ4n) is 2.03. The Hall–Kier alpha value is -2.50. The van der Waals surface area contributed by atoms with Crippen LogP contribution >= 0.6 is 22.6 Å². The number of nitro benzene ring substituents is 1. The van der Waals surface area contributed by atoms with E-state index in [0.717, 1.165) is 0 Å². The Morgan fingerprint density at radius 3 is 2.54 bits per heavy atom. The molecule has 3 rings (SSSR count). The third-order valence-corrected chi connectivity index (χ3v) is 3.96. The number of halogens is 3. The SMILES string of the molecule is O=C(Nc1ccc2c(c1)OC(F)(F)O2)c1ccc([N+](=O)[O-])cc1I. The van der Waals surface area contributed by atoms with E-state index in [0.29, 0.717) is 3.57 Å². The number of carbonyl (C=O) groups is 1. The van der Waals surface area contributed by atoms with Crippen LogP contribution in [0.5, 0.6) is 11.5 Å². The van der Waals surface area contributed by atoms with Gasteiger partial charge in [0.05, 0.1) is 10.5 Å². The zero-order valence-corrected chi connectivity index (χ0v) is 13.7. The molecule has 0 bridgehead atoms. The van der Waals surface area contributed by atoms with Crippen molar-refractivity contribution in [3.8, 4) is 11.5 Å². The molecule has 124 valence electrons. The predicted octanol–water partition coefficient (Wildman–Crippen LogP) is 3.77. The van der Waals surface area contributed by atoms with Crippen LogP contribution in [-0.4, -0.2) is 17.1 Å². The van der Waals surface area contributed by atoms with E-state index in [1.165, 1.54) is 36.4 Å². The summed E-state index contributed by atoms with van der Waals surface area (Å²) in [7, 11) is 0. The molecule has 0 aromatic heterocycles. The zero-order valence-electron chi connectivity index (χ0n) is 11.6. The summed E-state index contributed by atoms with van der Waals surface area (Å²) < 4.78 is 34.9. The summed E-state index contributed by atoms with van der Waals surface area (Å²) in [5.41, 5.74) is 0.291. The van der Waals surface area contributed by atoms with Gasteiger partial charge in [-0.2, -0.15) is 0 Å².